The molecule has 1 saturated carbocycles. The fourth-order valence-corrected chi connectivity index (χ4v) is 1.56. The summed E-state index contributed by atoms with van der Waals surface area (Å²) in [5, 5.41) is 12.9. The Hall–Kier alpha value is -1.02. The third kappa shape index (κ3) is 1.83. The lowest BCUT2D eigenvalue weighted by molar-refractivity contribution is 0.154. The Labute approximate surface area is 78.6 Å². The van der Waals surface area contributed by atoms with E-state index in [0.29, 0.717) is 5.92 Å². The molecule has 70 valence electrons. The van der Waals surface area contributed by atoms with Gasteiger partial charge in [0.05, 0.1) is 6.10 Å². The van der Waals surface area contributed by atoms with Crippen molar-refractivity contribution in [3.05, 3.63) is 29.8 Å². The van der Waals surface area contributed by atoms with Crippen molar-refractivity contribution in [3.8, 4) is 0 Å². The van der Waals surface area contributed by atoms with Gasteiger partial charge in [-0.25, -0.2) is 0 Å². The van der Waals surface area contributed by atoms with Crippen LogP contribution in [0.5, 0.6) is 0 Å². The monoisotopic (exact) mass is 177 g/mol. The summed E-state index contributed by atoms with van der Waals surface area (Å²) >= 11 is 0. The van der Waals surface area contributed by atoms with Gasteiger partial charge in [0.2, 0.25) is 0 Å². The molecule has 2 rings (SSSR count). The minimum atomic E-state index is -0.256. The molecule has 2 nitrogen and oxygen atoms in total. The van der Waals surface area contributed by atoms with Crippen LogP contribution < -0.4 is 5.32 Å². The van der Waals surface area contributed by atoms with Crippen molar-refractivity contribution in [2.45, 2.75) is 18.9 Å². The first kappa shape index (κ1) is 8.57. The zero-order valence-corrected chi connectivity index (χ0v) is 7.83. The summed E-state index contributed by atoms with van der Waals surface area (Å²) in [5.41, 5.74) is 2.10. The van der Waals surface area contributed by atoms with Crippen LogP contribution in [-0.4, -0.2) is 12.2 Å². The molecule has 0 aliphatic heterocycles. The molecule has 0 heterocycles. The average molecular weight is 177 g/mol. The molecule has 1 fully saturated rings. The van der Waals surface area contributed by atoms with Gasteiger partial charge in [0, 0.05) is 12.7 Å². The molecule has 0 bridgehead atoms. The molecule has 1 aliphatic rings. The summed E-state index contributed by atoms with van der Waals surface area (Å²) in [4.78, 5) is 0. The lowest BCUT2D eigenvalue weighted by atomic mass is 10.1. The maximum Gasteiger partial charge on any atom is 0.0818 e. The average Bonchev–Trinajstić information content (AvgIpc) is 3.00. The second kappa shape index (κ2) is 3.38. The fraction of sp³-hybridized carbons (Fsp3) is 0.455. The summed E-state index contributed by atoms with van der Waals surface area (Å²) in [6, 6.07) is 7.99. The molecular formula is C11H15NO. The van der Waals surface area contributed by atoms with E-state index in [4.69, 9.17) is 0 Å². The van der Waals surface area contributed by atoms with Crippen LogP contribution in [-0.2, 0) is 0 Å². The van der Waals surface area contributed by atoms with E-state index >= 15 is 0 Å². The van der Waals surface area contributed by atoms with Crippen LogP contribution in [0.2, 0.25) is 0 Å². The highest BCUT2D eigenvalue weighted by molar-refractivity contribution is 5.45. The van der Waals surface area contributed by atoms with Gasteiger partial charge in [0.25, 0.3) is 0 Å². The van der Waals surface area contributed by atoms with E-state index in [1.165, 1.54) is 12.8 Å². The minimum Gasteiger partial charge on any atom is -0.388 e. The van der Waals surface area contributed by atoms with Crippen LogP contribution in [0.1, 0.15) is 24.5 Å². The zero-order chi connectivity index (χ0) is 9.26. The van der Waals surface area contributed by atoms with Gasteiger partial charge in [-0.05, 0) is 36.5 Å². The molecule has 2 heteroatoms. The van der Waals surface area contributed by atoms with Crippen molar-refractivity contribution < 1.29 is 5.11 Å². The van der Waals surface area contributed by atoms with Crippen molar-refractivity contribution in [1.29, 1.82) is 0 Å². The second-order valence-electron chi connectivity index (χ2n) is 3.66. The van der Waals surface area contributed by atoms with Crippen LogP contribution in [0.25, 0.3) is 0 Å². The molecule has 0 radical (unpaired) electrons. The number of aliphatic hydroxyl groups is 1. The molecule has 1 aromatic rings. The molecule has 1 aliphatic carbocycles. The summed E-state index contributed by atoms with van der Waals surface area (Å²) in [5.74, 6) is 0.507. The van der Waals surface area contributed by atoms with Gasteiger partial charge in [0.1, 0.15) is 0 Å². The molecule has 13 heavy (non-hydrogen) atoms. The number of benzene rings is 1. The van der Waals surface area contributed by atoms with Crippen LogP contribution in [0, 0.1) is 5.92 Å². The first-order valence-corrected chi connectivity index (χ1v) is 4.77. The first-order valence-electron chi connectivity index (χ1n) is 4.77. The fourth-order valence-electron chi connectivity index (χ4n) is 1.56. The molecule has 1 atom stereocenters. The van der Waals surface area contributed by atoms with Crippen molar-refractivity contribution in [2.24, 2.45) is 5.92 Å². The second-order valence-corrected chi connectivity index (χ2v) is 3.66. The smallest absolute Gasteiger partial charge is 0.0818 e. The maximum atomic E-state index is 9.85. The molecule has 0 amide bonds. The van der Waals surface area contributed by atoms with E-state index in [9.17, 15) is 5.11 Å². The van der Waals surface area contributed by atoms with E-state index < -0.39 is 0 Å². The Morgan fingerprint density at radius 3 is 2.85 bits per heavy atom. The van der Waals surface area contributed by atoms with E-state index in [0.717, 1.165) is 11.3 Å². The van der Waals surface area contributed by atoms with Gasteiger partial charge < -0.3 is 10.4 Å². The SMILES string of the molecule is CNc1cccc(C(O)C2CC2)c1. The van der Waals surface area contributed by atoms with Gasteiger partial charge in [-0.15, -0.1) is 0 Å². The molecule has 0 spiro atoms. The summed E-state index contributed by atoms with van der Waals surface area (Å²) in [6.07, 6.45) is 2.09. The molecular weight excluding hydrogens is 162 g/mol. The number of rotatable bonds is 3. The van der Waals surface area contributed by atoms with Gasteiger partial charge in [-0.3, -0.25) is 0 Å². The largest absolute Gasteiger partial charge is 0.388 e. The van der Waals surface area contributed by atoms with Gasteiger partial charge in [-0.1, -0.05) is 12.1 Å². The van der Waals surface area contributed by atoms with Crippen LogP contribution in [0.3, 0.4) is 0 Å². The Morgan fingerprint density at radius 1 is 1.46 bits per heavy atom. The number of hydrogen-bond acceptors (Lipinski definition) is 2. The van der Waals surface area contributed by atoms with Crippen LogP contribution >= 0.6 is 0 Å². The predicted octanol–water partition coefficient (Wildman–Crippen LogP) is 2.17. The van der Waals surface area contributed by atoms with E-state index in [1.54, 1.807) is 0 Å². The standard InChI is InChI=1S/C11H15NO/c1-12-10-4-2-3-9(7-10)11(13)8-5-6-8/h2-4,7-8,11-13H,5-6H2,1H3. The van der Waals surface area contributed by atoms with Crippen LogP contribution in [0.15, 0.2) is 24.3 Å². The Kier molecular flexibility index (Phi) is 2.23. The van der Waals surface area contributed by atoms with Crippen molar-refractivity contribution in [1.82, 2.24) is 0 Å². The quantitative estimate of drug-likeness (QED) is 0.741. The highest BCUT2D eigenvalue weighted by Crippen LogP contribution is 2.41. The van der Waals surface area contributed by atoms with Crippen molar-refractivity contribution in [3.63, 3.8) is 0 Å². The topological polar surface area (TPSA) is 32.3 Å². The third-order valence-electron chi connectivity index (χ3n) is 2.59. The first-order chi connectivity index (χ1) is 6.31. The molecule has 2 N–H and O–H groups in total. The maximum absolute atomic E-state index is 9.85. The van der Waals surface area contributed by atoms with Gasteiger partial charge >= 0.3 is 0 Å². The Morgan fingerprint density at radius 2 is 2.23 bits per heavy atom. The number of aliphatic hydroxyl groups excluding tert-OH is 1. The lowest BCUT2D eigenvalue weighted by Crippen LogP contribution is -2.00. The molecule has 0 aromatic heterocycles. The van der Waals surface area contributed by atoms with Crippen LogP contribution in [0.4, 0.5) is 5.69 Å². The number of hydrogen-bond donors (Lipinski definition) is 2. The summed E-state index contributed by atoms with van der Waals surface area (Å²) in [7, 11) is 1.89. The van der Waals surface area contributed by atoms with Gasteiger partial charge in [-0.2, -0.15) is 0 Å². The lowest BCUT2D eigenvalue weighted by Gasteiger charge is -2.10. The van der Waals surface area contributed by atoms with Crippen molar-refractivity contribution in [2.75, 3.05) is 12.4 Å². The normalized spacial score (nSPS) is 18.3. The zero-order valence-electron chi connectivity index (χ0n) is 7.83. The number of anilines is 1. The molecule has 1 unspecified atom stereocenters. The predicted molar refractivity (Wildman–Crippen MR) is 53.7 cm³/mol. The van der Waals surface area contributed by atoms with E-state index in [2.05, 4.69) is 5.32 Å². The van der Waals surface area contributed by atoms with Crippen molar-refractivity contribution >= 4 is 5.69 Å². The summed E-state index contributed by atoms with van der Waals surface area (Å²) < 4.78 is 0. The van der Waals surface area contributed by atoms with E-state index in [-0.39, 0.29) is 6.10 Å². The molecule has 0 saturated heterocycles. The molecule has 1 aromatic carbocycles. The Balaban J connectivity index is 2.18. The summed E-state index contributed by atoms with van der Waals surface area (Å²) in [6.45, 7) is 0. The highest BCUT2D eigenvalue weighted by Gasteiger charge is 2.30. The third-order valence-corrected chi connectivity index (χ3v) is 2.59. The number of nitrogens with one attached hydrogen (secondary N) is 1. The van der Waals surface area contributed by atoms with E-state index in [1.807, 2.05) is 31.3 Å². The minimum absolute atomic E-state index is 0.256. The van der Waals surface area contributed by atoms with Gasteiger partial charge in [0.15, 0.2) is 0 Å². The highest BCUT2D eigenvalue weighted by atomic mass is 16.3. The Bertz CT molecular complexity index is 294.